The average molecular weight is 242 g/mol. The summed E-state index contributed by atoms with van der Waals surface area (Å²) < 4.78 is 5.55. The predicted molar refractivity (Wildman–Crippen MR) is 73.4 cm³/mol. The van der Waals surface area contributed by atoms with Crippen molar-refractivity contribution in [3.8, 4) is 0 Å². The Morgan fingerprint density at radius 3 is 2.76 bits per heavy atom. The van der Waals surface area contributed by atoms with E-state index in [-0.39, 0.29) is 0 Å². The summed E-state index contributed by atoms with van der Waals surface area (Å²) in [6.07, 6.45) is 5.32. The van der Waals surface area contributed by atoms with Gasteiger partial charge in [0.1, 0.15) is 0 Å². The van der Waals surface area contributed by atoms with E-state index in [0.717, 1.165) is 26.3 Å². The highest BCUT2D eigenvalue weighted by atomic mass is 16.5. The minimum Gasteiger partial charge on any atom is -0.379 e. The Hall–Kier alpha value is -0.120. The number of nitrogens with one attached hydrogen (secondary N) is 2. The van der Waals surface area contributed by atoms with E-state index >= 15 is 0 Å². The molecule has 3 heteroatoms. The SMILES string of the molecule is CCCCCC(C)NCC1COCC1NCC. The largest absolute Gasteiger partial charge is 0.379 e. The Morgan fingerprint density at radius 2 is 2.06 bits per heavy atom. The molecule has 3 atom stereocenters. The van der Waals surface area contributed by atoms with Crippen LogP contribution in [0.5, 0.6) is 0 Å². The molecule has 0 aliphatic carbocycles. The summed E-state index contributed by atoms with van der Waals surface area (Å²) in [6, 6.07) is 1.19. The highest BCUT2D eigenvalue weighted by molar-refractivity contribution is 4.83. The maximum Gasteiger partial charge on any atom is 0.0623 e. The van der Waals surface area contributed by atoms with E-state index in [4.69, 9.17) is 4.74 Å². The van der Waals surface area contributed by atoms with Gasteiger partial charge >= 0.3 is 0 Å². The van der Waals surface area contributed by atoms with E-state index < -0.39 is 0 Å². The van der Waals surface area contributed by atoms with Crippen LogP contribution in [-0.2, 0) is 4.74 Å². The number of likely N-dealkylation sites (N-methyl/N-ethyl adjacent to an activating group) is 1. The topological polar surface area (TPSA) is 33.3 Å². The number of ether oxygens (including phenoxy) is 1. The molecular formula is C14H30N2O. The standard InChI is InChI=1S/C14H30N2O/c1-4-6-7-8-12(3)16-9-13-10-17-11-14(13)15-5-2/h12-16H,4-11H2,1-3H3. The Labute approximate surface area is 107 Å². The number of unbranched alkanes of at least 4 members (excludes halogenated alkanes) is 2. The molecule has 1 fully saturated rings. The quantitative estimate of drug-likeness (QED) is 0.608. The molecule has 0 aromatic rings. The van der Waals surface area contributed by atoms with Crippen molar-refractivity contribution in [3.05, 3.63) is 0 Å². The normalized spacial score (nSPS) is 26.3. The van der Waals surface area contributed by atoms with Gasteiger partial charge < -0.3 is 15.4 Å². The third kappa shape index (κ3) is 5.84. The minimum atomic E-state index is 0.551. The lowest BCUT2D eigenvalue weighted by Gasteiger charge is -2.21. The molecule has 0 aromatic heterocycles. The molecule has 2 N–H and O–H groups in total. The lowest BCUT2D eigenvalue weighted by atomic mass is 10.0. The molecule has 1 rings (SSSR count). The second-order valence-corrected chi connectivity index (χ2v) is 5.27. The van der Waals surface area contributed by atoms with E-state index in [0.29, 0.717) is 18.0 Å². The highest BCUT2D eigenvalue weighted by Gasteiger charge is 2.27. The molecule has 1 heterocycles. The van der Waals surface area contributed by atoms with Crippen molar-refractivity contribution in [1.82, 2.24) is 10.6 Å². The van der Waals surface area contributed by atoms with Gasteiger partial charge in [-0.1, -0.05) is 33.1 Å². The van der Waals surface area contributed by atoms with Gasteiger partial charge in [-0.15, -0.1) is 0 Å². The number of hydrogen-bond donors (Lipinski definition) is 2. The van der Waals surface area contributed by atoms with Crippen LogP contribution >= 0.6 is 0 Å². The second kappa shape index (κ2) is 8.90. The Kier molecular flexibility index (Phi) is 7.82. The van der Waals surface area contributed by atoms with Crippen molar-refractivity contribution in [3.63, 3.8) is 0 Å². The zero-order valence-electron chi connectivity index (χ0n) is 11.8. The molecule has 1 saturated heterocycles. The molecule has 102 valence electrons. The Morgan fingerprint density at radius 1 is 1.24 bits per heavy atom. The zero-order chi connectivity index (χ0) is 12.5. The molecule has 3 nitrogen and oxygen atoms in total. The van der Waals surface area contributed by atoms with E-state index in [9.17, 15) is 0 Å². The molecule has 1 aliphatic rings. The first-order chi connectivity index (χ1) is 8.27. The van der Waals surface area contributed by atoms with Gasteiger partial charge in [0.15, 0.2) is 0 Å². The van der Waals surface area contributed by atoms with Crippen LogP contribution in [0.2, 0.25) is 0 Å². The summed E-state index contributed by atoms with van der Waals surface area (Å²) in [6.45, 7) is 10.6. The van der Waals surface area contributed by atoms with Crippen LogP contribution < -0.4 is 10.6 Å². The first-order valence-corrected chi connectivity index (χ1v) is 7.32. The van der Waals surface area contributed by atoms with Crippen molar-refractivity contribution in [1.29, 1.82) is 0 Å². The molecule has 17 heavy (non-hydrogen) atoms. The zero-order valence-corrected chi connectivity index (χ0v) is 11.8. The number of rotatable bonds is 9. The minimum absolute atomic E-state index is 0.551. The molecule has 1 aliphatic heterocycles. The molecule has 0 spiro atoms. The fourth-order valence-corrected chi connectivity index (χ4v) is 2.44. The van der Waals surface area contributed by atoms with E-state index in [1.54, 1.807) is 0 Å². The molecule has 0 saturated carbocycles. The van der Waals surface area contributed by atoms with Crippen LogP contribution in [0.1, 0.15) is 46.5 Å². The maximum absolute atomic E-state index is 5.55. The highest BCUT2D eigenvalue weighted by Crippen LogP contribution is 2.13. The summed E-state index contributed by atoms with van der Waals surface area (Å²) in [5.41, 5.74) is 0. The van der Waals surface area contributed by atoms with Crippen molar-refractivity contribution in [2.24, 2.45) is 5.92 Å². The smallest absolute Gasteiger partial charge is 0.0623 e. The lowest BCUT2D eigenvalue weighted by molar-refractivity contribution is 0.181. The fourth-order valence-electron chi connectivity index (χ4n) is 2.44. The van der Waals surface area contributed by atoms with Crippen LogP contribution in [0.25, 0.3) is 0 Å². The lowest BCUT2D eigenvalue weighted by Crippen LogP contribution is -2.42. The monoisotopic (exact) mass is 242 g/mol. The molecule has 0 radical (unpaired) electrons. The molecule has 0 aromatic carbocycles. The van der Waals surface area contributed by atoms with Crippen molar-refractivity contribution in [2.45, 2.75) is 58.5 Å². The summed E-state index contributed by atoms with van der Waals surface area (Å²) in [5.74, 6) is 0.642. The fraction of sp³-hybridized carbons (Fsp3) is 1.00. The number of hydrogen-bond acceptors (Lipinski definition) is 3. The van der Waals surface area contributed by atoms with Gasteiger partial charge in [-0.2, -0.15) is 0 Å². The van der Waals surface area contributed by atoms with Crippen molar-refractivity contribution < 1.29 is 4.74 Å². The van der Waals surface area contributed by atoms with Gasteiger partial charge in [-0.25, -0.2) is 0 Å². The van der Waals surface area contributed by atoms with Gasteiger partial charge in [0.25, 0.3) is 0 Å². The van der Waals surface area contributed by atoms with Crippen LogP contribution in [0.3, 0.4) is 0 Å². The van der Waals surface area contributed by atoms with Crippen molar-refractivity contribution >= 4 is 0 Å². The predicted octanol–water partition coefficient (Wildman–Crippen LogP) is 2.17. The summed E-state index contributed by atoms with van der Waals surface area (Å²) in [4.78, 5) is 0. The Bertz CT molecular complexity index is 187. The third-order valence-corrected chi connectivity index (χ3v) is 3.63. The van der Waals surface area contributed by atoms with E-state index in [1.165, 1.54) is 25.7 Å². The van der Waals surface area contributed by atoms with Gasteiger partial charge in [0.05, 0.1) is 13.2 Å². The van der Waals surface area contributed by atoms with Crippen LogP contribution in [-0.4, -0.2) is 38.4 Å². The summed E-state index contributed by atoms with van der Waals surface area (Å²) in [5, 5.41) is 7.16. The van der Waals surface area contributed by atoms with Gasteiger partial charge in [0.2, 0.25) is 0 Å². The third-order valence-electron chi connectivity index (χ3n) is 3.63. The summed E-state index contributed by atoms with van der Waals surface area (Å²) >= 11 is 0. The molecular weight excluding hydrogens is 212 g/mol. The van der Waals surface area contributed by atoms with Crippen molar-refractivity contribution in [2.75, 3.05) is 26.3 Å². The van der Waals surface area contributed by atoms with Gasteiger partial charge in [-0.3, -0.25) is 0 Å². The average Bonchev–Trinajstić information content (AvgIpc) is 2.75. The van der Waals surface area contributed by atoms with Crippen LogP contribution in [0, 0.1) is 5.92 Å². The summed E-state index contributed by atoms with van der Waals surface area (Å²) in [7, 11) is 0. The van der Waals surface area contributed by atoms with Crippen LogP contribution in [0.15, 0.2) is 0 Å². The Balaban J connectivity index is 2.11. The second-order valence-electron chi connectivity index (χ2n) is 5.27. The maximum atomic E-state index is 5.55. The van der Waals surface area contributed by atoms with Gasteiger partial charge in [-0.05, 0) is 19.9 Å². The van der Waals surface area contributed by atoms with E-state index in [1.807, 2.05) is 0 Å². The first-order valence-electron chi connectivity index (χ1n) is 7.32. The molecule has 0 bridgehead atoms. The first kappa shape index (κ1) is 14.9. The van der Waals surface area contributed by atoms with Gasteiger partial charge in [0, 0.05) is 24.5 Å². The molecule has 0 amide bonds. The van der Waals surface area contributed by atoms with Crippen LogP contribution in [0.4, 0.5) is 0 Å². The van der Waals surface area contributed by atoms with E-state index in [2.05, 4.69) is 31.4 Å². The molecule has 3 unspecified atom stereocenters.